The molecular formula is C22H21N3O3. The van der Waals surface area contributed by atoms with Gasteiger partial charge in [-0.15, -0.1) is 0 Å². The summed E-state index contributed by atoms with van der Waals surface area (Å²) in [5.74, 6) is 1.63. The summed E-state index contributed by atoms with van der Waals surface area (Å²) in [7, 11) is 0. The van der Waals surface area contributed by atoms with Gasteiger partial charge in [0, 0.05) is 38.1 Å². The smallest absolute Gasteiger partial charge is 0.272 e. The molecule has 0 bridgehead atoms. The van der Waals surface area contributed by atoms with Crippen molar-refractivity contribution in [3.05, 3.63) is 65.9 Å². The lowest BCUT2D eigenvalue weighted by molar-refractivity contribution is 0.0623. The van der Waals surface area contributed by atoms with Gasteiger partial charge in [-0.2, -0.15) is 0 Å². The molecule has 0 radical (unpaired) electrons. The van der Waals surface area contributed by atoms with Crippen LogP contribution < -0.4 is 9.47 Å². The zero-order chi connectivity index (χ0) is 18.9. The van der Waals surface area contributed by atoms with Crippen molar-refractivity contribution in [3.8, 4) is 11.5 Å². The highest BCUT2D eigenvalue weighted by molar-refractivity contribution is 5.95. The topological polar surface area (TPSA) is 54.9 Å². The molecule has 28 heavy (non-hydrogen) atoms. The Hall–Kier alpha value is -3.12. The third-order valence-electron chi connectivity index (χ3n) is 5.32. The zero-order valence-corrected chi connectivity index (χ0v) is 15.5. The van der Waals surface area contributed by atoms with Crippen LogP contribution in [0.15, 0.2) is 54.6 Å². The van der Waals surface area contributed by atoms with Crippen molar-refractivity contribution < 1.29 is 14.3 Å². The van der Waals surface area contributed by atoms with Crippen LogP contribution in [0.1, 0.15) is 16.1 Å². The molecule has 3 aromatic rings. The number of carbonyl (C=O) groups excluding carboxylic acids is 1. The Morgan fingerprint density at radius 1 is 0.929 bits per heavy atom. The molecule has 6 nitrogen and oxygen atoms in total. The van der Waals surface area contributed by atoms with Crippen LogP contribution in [0.25, 0.3) is 10.9 Å². The number of hydrogen-bond acceptors (Lipinski definition) is 5. The van der Waals surface area contributed by atoms with Crippen molar-refractivity contribution in [1.82, 2.24) is 14.8 Å². The van der Waals surface area contributed by atoms with E-state index in [1.54, 1.807) is 0 Å². The summed E-state index contributed by atoms with van der Waals surface area (Å²) in [5, 5.41) is 1.05. The Morgan fingerprint density at radius 3 is 2.64 bits per heavy atom. The second kappa shape index (κ2) is 7.13. The number of rotatable bonds is 3. The summed E-state index contributed by atoms with van der Waals surface area (Å²) in [6.07, 6.45) is 0. The van der Waals surface area contributed by atoms with Crippen molar-refractivity contribution in [1.29, 1.82) is 0 Å². The molecule has 3 heterocycles. The Balaban J connectivity index is 1.22. The van der Waals surface area contributed by atoms with E-state index in [1.807, 2.05) is 53.4 Å². The first kappa shape index (κ1) is 17.0. The van der Waals surface area contributed by atoms with E-state index in [9.17, 15) is 4.79 Å². The Kier molecular flexibility index (Phi) is 4.33. The molecule has 0 unspecified atom stereocenters. The van der Waals surface area contributed by atoms with Crippen molar-refractivity contribution in [2.45, 2.75) is 6.54 Å². The number of fused-ring (bicyclic) bond motifs is 2. The molecule has 1 aromatic heterocycles. The van der Waals surface area contributed by atoms with Gasteiger partial charge in [-0.3, -0.25) is 9.69 Å². The maximum Gasteiger partial charge on any atom is 0.272 e. The van der Waals surface area contributed by atoms with E-state index in [-0.39, 0.29) is 5.91 Å². The number of benzene rings is 2. The van der Waals surface area contributed by atoms with Crippen LogP contribution in [-0.2, 0) is 6.54 Å². The minimum absolute atomic E-state index is 0.00785. The number of aromatic nitrogens is 1. The number of ether oxygens (including phenoxy) is 2. The molecule has 2 aliphatic rings. The Labute approximate surface area is 163 Å². The Morgan fingerprint density at radius 2 is 1.75 bits per heavy atom. The minimum Gasteiger partial charge on any atom is -0.454 e. The van der Waals surface area contributed by atoms with E-state index >= 15 is 0 Å². The number of para-hydroxylation sites is 1. The predicted molar refractivity (Wildman–Crippen MR) is 105 cm³/mol. The largest absolute Gasteiger partial charge is 0.454 e. The van der Waals surface area contributed by atoms with Gasteiger partial charge in [-0.05, 0) is 29.8 Å². The van der Waals surface area contributed by atoms with Gasteiger partial charge in [-0.25, -0.2) is 4.98 Å². The van der Waals surface area contributed by atoms with Crippen molar-refractivity contribution in [2.24, 2.45) is 0 Å². The first-order valence-corrected chi connectivity index (χ1v) is 9.52. The van der Waals surface area contributed by atoms with Gasteiger partial charge in [-0.1, -0.05) is 30.3 Å². The average Bonchev–Trinajstić information content (AvgIpc) is 3.21. The molecule has 0 aliphatic carbocycles. The number of piperazine rings is 1. The van der Waals surface area contributed by atoms with Gasteiger partial charge in [0.05, 0.1) is 5.52 Å². The number of nitrogens with zero attached hydrogens (tertiary/aromatic N) is 3. The monoisotopic (exact) mass is 375 g/mol. The molecule has 0 saturated carbocycles. The second-order valence-electron chi connectivity index (χ2n) is 7.15. The number of amides is 1. The molecule has 0 atom stereocenters. The molecule has 0 spiro atoms. The molecule has 6 heteroatoms. The van der Waals surface area contributed by atoms with Crippen molar-refractivity contribution >= 4 is 16.8 Å². The van der Waals surface area contributed by atoms with Gasteiger partial charge in [0.15, 0.2) is 11.5 Å². The lowest BCUT2D eigenvalue weighted by atomic mass is 10.1. The third-order valence-corrected chi connectivity index (χ3v) is 5.32. The van der Waals surface area contributed by atoms with Crippen LogP contribution in [0, 0.1) is 0 Å². The molecular weight excluding hydrogens is 354 g/mol. The normalized spacial score (nSPS) is 16.5. The first-order chi connectivity index (χ1) is 13.8. The van der Waals surface area contributed by atoms with Crippen molar-refractivity contribution in [3.63, 3.8) is 0 Å². The number of pyridine rings is 1. The molecule has 2 aromatic carbocycles. The van der Waals surface area contributed by atoms with E-state index in [4.69, 9.17) is 9.47 Å². The highest BCUT2D eigenvalue weighted by Crippen LogP contribution is 2.32. The molecule has 1 saturated heterocycles. The molecule has 5 rings (SSSR count). The fraction of sp³-hybridized carbons (Fsp3) is 0.273. The van der Waals surface area contributed by atoms with Crippen LogP contribution in [0.2, 0.25) is 0 Å². The fourth-order valence-electron chi connectivity index (χ4n) is 3.75. The summed E-state index contributed by atoms with van der Waals surface area (Å²) >= 11 is 0. The van der Waals surface area contributed by atoms with Crippen LogP contribution in [0.3, 0.4) is 0 Å². The molecule has 1 fully saturated rings. The maximum absolute atomic E-state index is 12.9. The predicted octanol–water partition coefficient (Wildman–Crippen LogP) is 2.92. The van der Waals surface area contributed by atoms with E-state index in [1.165, 1.54) is 5.56 Å². The average molecular weight is 375 g/mol. The van der Waals surface area contributed by atoms with Gasteiger partial charge in [0.1, 0.15) is 5.69 Å². The fourth-order valence-corrected chi connectivity index (χ4v) is 3.75. The van der Waals surface area contributed by atoms with Gasteiger partial charge < -0.3 is 14.4 Å². The van der Waals surface area contributed by atoms with Crippen LogP contribution >= 0.6 is 0 Å². The van der Waals surface area contributed by atoms with E-state index in [0.29, 0.717) is 25.6 Å². The zero-order valence-electron chi connectivity index (χ0n) is 15.5. The standard InChI is InChI=1S/C22H21N3O3/c26-22(19-7-6-17-3-1-2-4-18(17)23-19)25-11-9-24(10-12-25)14-16-5-8-20-21(13-16)28-15-27-20/h1-8,13H,9-12,14-15H2. The molecule has 2 aliphatic heterocycles. The summed E-state index contributed by atoms with van der Waals surface area (Å²) < 4.78 is 10.8. The summed E-state index contributed by atoms with van der Waals surface area (Å²) in [6, 6.07) is 17.7. The van der Waals surface area contributed by atoms with Gasteiger partial charge in [0.2, 0.25) is 6.79 Å². The van der Waals surface area contributed by atoms with Gasteiger partial charge >= 0.3 is 0 Å². The van der Waals surface area contributed by atoms with Gasteiger partial charge in [0.25, 0.3) is 5.91 Å². The van der Waals surface area contributed by atoms with Crippen LogP contribution in [-0.4, -0.2) is 53.7 Å². The lowest BCUT2D eigenvalue weighted by Gasteiger charge is -2.34. The highest BCUT2D eigenvalue weighted by atomic mass is 16.7. The Bertz CT molecular complexity index is 1030. The lowest BCUT2D eigenvalue weighted by Crippen LogP contribution is -2.48. The third kappa shape index (κ3) is 3.27. The number of carbonyl (C=O) groups is 1. The summed E-state index contributed by atoms with van der Waals surface area (Å²) in [4.78, 5) is 21.6. The highest BCUT2D eigenvalue weighted by Gasteiger charge is 2.23. The van der Waals surface area contributed by atoms with Crippen molar-refractivity contribution in [2.75, 3.05) is 33.0 Å². The molecule has 142 valence electrons. The van der Waals surface area contributed by atoms with Crippen LogP contribution in [0.5, 0.6) is 11.5 Å². The maximum atomic E-state index is 12.9. The SMILES string of the molecule is O=C(c1ccc2ccccc2n1)N1CCN(Cc2ccc3c(c2)OCO3)CC1. The first-order valence-electron chi connectivity index (χ1n) is 9.52. The summed E-state index contributed by atoms with van der Waals surface area (Å²) in [5.41, 5.74) is 2.57. The summed E-state index contributed by atoms with van der Waals surface area (Å²) in [6.45, 7) is 4.23. The van der Waals surface area contributed by atoms with E-state index in [2.05, 4.69) is 16.0 Å². The second-order valence-corrected chi connectivity index (χ2v) is 7.15. The quantitative estimate of drug-likeness (QED) is 0.705. The number of hydrogen-bond donors (Lipinski definition) is 0. The van der Waals surface area contributed by atoms with E-state index in [0.717, 1.165) is 42.0 Å². The molecule has 0 N–H and O–H groups in total. The molecule has 1 amide bonds. The minimum atomic E-state index is 0.00785. The van der Waals surface area contributed by atoms with E-state index < -0.39 is 0 Å². The van der Waals surface area contributed by atoms with Crippen LogP contribution in [0.4, 0.5) is 0 Å².